The number of nitrogens with two attached hydrogens (primary N) is 1. The van der Waals surface area contributed by atoms with Crippen molar-refractivity contribution in [3.05, 3.63) is 71.9 Å². The molecule has 0 fully saturated rings. The van der Waals surface area contributed by atoms with Gasteiger partial charge in [-0.2, -0.15) is 0 Å². The Morgan fingerprint density at radius 2 is 1.82 bits per heavy atom. The van der Waals surface area contributed by atoms with E-state index < -0.39 is 0 Å². The van der Waals surface area contributed by atoms with E-state index >= 15 is 0 Å². The Balaban J connectivity index is 2.18. The summed E-state index contributed by atoms with van der Waals surface area (Å²) in [6, 6.07) is 17.6. The van der Waals surface area contributed by atoms with E-state index in [1.807, 2.05) is 59.9 Å². The standard InChI is InChI=1S/C18H18N2O2/c1-22-18-9-7-14(8-10-18)11-17(12-15(19)13-21)20-16-5-3-2-4-6-16/h2-10,12-13,19-20H,11H2,1H3/p+1/b17-12-,19-15?. The number of ether oxygens (including phenoxy) is 1. The molecule has 0 aliphatic rings. The van der Waals surface area contributed by atoms with Gasteiger partial charge in [-0.1, -0.05) is 30.3 Å². The number of rotatable bonds is 7. The van der Waals surface area contributed by atoms with Crippen LogP contribution in [0.2, 0.25) is 0 Å². The molecule has 0 aliphatic heterocycles. The molecule has 112 valence electrons. The molecule has 0 amide bonds. The molecule has 0 unspecified atom stereocenters. The predicted octanol–water partition coefficient (Wildman–Crippen LogP) is 2.24. The van der Waals surface area contributed by atoms with Gasteiger partial charge in [0, 0.05) is 12.5 Å². The van der Waals surface area contributed by atoms with Gasteiger partial charge in [-0.15, -0.1) is 0 Å². The fourth-order valence-corrected chi connectivity index (χ4v) is 2.12. The summed E-state index contributed by atoms with van der Waals surface area (Å²) in [7, 11) is 1.63. The lowest BCUT2D eigenvalue weighted by Crippen LogP contribution is -2.76. The Kier molecular flexibility index (Phi) is 5.63. The molecule has 0 aromatic heterocycles. The molecule has 0 atom stereocenters. The summed E-state index contributed by atoms with van der Waals surface area (Å²) in [6.45, 7) is 0. The zero-order valence-electron chi connectivity index (χ0n) is 12.5. The first-order valence-corrected chi connectivity index (χ1v) is 6.98. The first-order valence-electron chi connectivity index (χ1n) is 6.98. The lowest BCUT2D eigenvalue weighted by atomic mass is 10.1. The van der Waals surface area contributed by atoms with Crippen LogP contribution in [0, 0.1) is 5.41 Å². The Labute approximate surface area is 129 Å². The smallest absolute Gasteiger partial charge is 0.167 e. The number of carbonyl (C=O) groups is 1. The third-order valence-corrected chi connectivity index (χ3v) is 3.19. The average molecular weight is 295 g/mol. The van der Waals surface area contributed by atoms with Crippen LogP contribution >= 0.6 is 0 Å². The molecule has 4 heteroatoms. The maximum atomic E-state index is 10.7. The summed E-state index contributed by atoms with van der Waals surface area (Å²) in [5.74, 6) is 0.807. The fourth-order valence-electron chi connectivity index (χ4n) is 2.12. The second-order valence-corrected chi connectivity index (χ2v) is 4.87. The van der Waals surface area contributed by atoms with Crippen molar-refractivity contribution in [1.29, 1.82) is 5.41 Å². The van der Waals surface area contributed by atoms with Crippen molar-refractivity contribution >= 4 is 17.7 Å². The Hall–Kier alpha value is -2.72. The molecular formula is C18H19N2O2+. The lowest BCUT2D eigenvalue weighted by molar-refractivity contribution is -0.519. The predicted molar refractivity (Wildman–Crippen MR) is 86.6 cm³/mol. The topological polar surface area (TPSA) is 66.8 Å². The van der Waals surface area contributed by atoms with Crippen LogP contribution in [0.3, 0.4) is 0 Å². The molecule has 3 N–H and O–H groups in total. The highest BCUT2D eigenvalue weighted by molar-refractivity contribution is 6.32. The van der Waals surface area contributed by atoms with Gasteiger partial charge in [-0.3, -0.25) is 15.5 Å². The van der Waals surface area contributed by atoms with Crippen molar-refractivity contribution in [2.75, 3.05) is 7.11 Å². The van der Waals surface area contributed by atoms with Crippen molar-refractivity contribution in [3.8, 4) is 5.75 Å². The second kappa shape index (κ2) is 7.90. The largest absolute Gasteiger partial charge is 0.497 e. The second-order valence-electron chi connectivity index (χ2n) is 4.87. The maximum absolute atomic E-state index is 10.7. The van der Waals surface area contributed by atoms with Crippen LogP contribution in [0.15, 0.2) is 66.4 Å². The van der Waals surface area contributed by atoms with Crippen LogP contribution in [-0.4, -0.2) is 19.1 Å². The van der Waals surface area contributed by atoms with Crippen LogP contribution in [0.1, 0.15) is 5.56 Å². The molecule has 0 heterocycles. The van der Waals surface area contributed by atoms with Crippen molar-refractivity contribution < 1.29 is 14.8 Å². The van der Waals surface area contributed by atoms with Gasteiger partial charge in [0.15, 0.2) is 6.29 Å². The zero-order valence-corrected chi connectivity index (χ0v) is 12.5. The molecule has 0 aliphatic carbocycles. The fraction of sp³-hybridized carbons (Fsp3) is 0.111. The third-order valence-electron chi connectivity index (χ3n) is 3.19. The quantitative estimate of drug-likeness (QED) is 0.467. The van der Waals surface area contributed by atoms with Gasteiger partial charge >= 0.3 is 0 Å². The van der Waals surface area contributed by atoms with Crippen molar-refractivity contribution in [3.63, 3.8) is 0 Å². The molecule has 2 rings (SSSR count). The van der Waals surface area contributed by atoms with Crippen LogP contribution in [0.5, 0.6) is 5.75 Å². The van der Waals surface area contributed by atoms with Crippen LogP contribution in [0.25, 0.3) is 0 Å². The first kappa shape index (κ1) is 15.7. The number of allylic oxidation sites excluding steroid dienone is 2. The van der Waals surface area contributed by atoms with Gasteiger partial charge in [0.1, 0.15) is 17.1 Å². The summed E-state index contributed by atoms with van der Waals surface area (Å²) in [4.78, 5) is 10.7. The first-order chi connectivity index (χ1) is 10.7. The summed E-state index contributed by atoms with van der Waals surface area (Å²) >= 11 is 0. The zero-order chi connectivity index (χ0) is 15.8. The number of hydrogen-bond acceptors (Lipinski definition) is 3. The summed E-state index contributed by atoms with van der Waals surface area (Å²) in [5.41, 5.74) is 3.02. The molecule has 0 bridgehead atoms. The molecule has 0 saturated heterocycles. The normalized spacial score (nSPS) is 11.0. The molecule has 0 spiro atoms. The Morgan fingerprint density at radius 1 is 1.14 bits per heavy atom. The van der Waals surface area contributed by atoms with Gasteiger partial charge in [-0.25, -0.2) is 0 Å². The Morgan fingerprint density at radius 3 is 2.41 bits per heavy atom. The number of methoxy groups -OCH3 is 1. The summed E-state index contributed by atoms with van der Waals surface area (Å²) in [6.07, 6.45) is 2.80. The third kappa shape index (κ3) is 4.68. The highest BCUT2D eigenvalue weighted by Gasteiger charge is 2.08. The molecule has 2 aromatic rings. The summed E-state index contributed by atoms with van der Waals surface area (Å²) < 4.78 is 5.15. The number of aldehydes is 1. The molecule has 4 nitrogen and oxygen atoms in total. The van der Waals surface area contributed by atoms with E-state index in [0.29, 0.717) is 12.7 Å². The van der Waals surface area contributed by atoms with Gasteiger partial charge in [0.2, 0.25) is 0 Å². The summed E-state index contributed by atoms with van der Waals surface area (Å²) in [5, 5.41) is 9.57. The van der Waals surface area contributed by atoms with E-state index in [9.17, 15) is 4.79 Å². The van der Waals surface area contributed by atoms with E-state index in [2.05, 4.69) is 0 Å². The van der Waals surface area contributed by atoms with Gasteiger partial charge < -0.3 is 4.74 Å². The van der Waals surface area contributed by atoms with E-state index in [-0.39, 0.29) is 5.71 Å². The number of nitrogens with one attached hydrogen (secondary N) is 1. The molecule has 0 radical (unpaired) electrons. The minimum Gasteiger partial charge on any atom is -0.497 e. The molecule has 2 aromatic carbocycles. The monoisotopic (exact) mass is 295 g/mol. The van der Waals surface area contributed by atoms with Gasteiger partial charge in [0.05, 0.1) is 12.8 Å². The lowest BCUT2D eigenvalue weighted by Gasteiger charge is -2.07. The number of quaternary nitrogens is 1. The minimum atomic E-state index is -0.0318. The van der Waals surface area contributed by atoms with E-state index in [4.69, 9.17) is 10.1 Å². The van der Waals surface area contributed by atoms with E-state index in [1.54, 1.807) is 13.2 Å². The number of para-hydroxylation sites is 1. The SMILES string of the molecule is COc1ccc(C/C(=C/C(=N)C=O)[NH2+]c2ccccc2)cc1. The van der Waals surface area contributed by atoms with E-state index in [1.165, 1.54) is 0 Å². The Bertz CT molecular complexity index is 661. The van der Waals surface area contributed by atoms with Crippen LogP contribution in [0.4, 0.5) is 5.69 Å². The molecule has 0 saturated carbocycles. The van der Waals surface area contributed by atoms with Crippen molar-refractivity contribution in [2.24, 2.45) is 0 Å². The molecule has 22 heavy (non-hydrogen) atoms. The number of benzene rings is 2. The van der Waals surface area contributed by atoms with Crippen LogP contribution in [-0.2, 0) is 11.2 Å². The minimum absolute atomic E-state index is 0.0318. The average Bonchev–Trinajstić information content (AvgIpc) is 2.56. The maximum Gasteiger partial charge on any atom is 0.167 e. The van der Waals surface area contributed by atoms with Crippen molar-refractivity contribution in [1.82, 2.24) is 0 Å². The number of carbonyl (C=O) groups excluding carboxylic acids is 1. The van der Waals surface area contributed by atoms with Gasteiger partial charge in [-0.05, 0) is 29.8 Å². The highest BCUT2D eigenvalue weighted by Crippen LogP contribution is 2.13. The highest BCUT2D eigenvalue weighted by atomic mass is 16.5. The van der Waals surface area contributed by atoms with Crippen molar-refractivity contribution in [2.45, 2.75) is 6.42 Å². The molecular weight excluding hydrogens is 276 g/mol. The van der Waals surface area contributed by atoms with Gasteiger partial charge in [0.25, 0.3) is 0 Å². The van der Waals surface area contributed by atoms with Crippen LogP contribution < -0.4 is 10.1 Å². The van der Waals surface area contributed by atoms with E-state index in [0.717, 1.165) is 22.7 Å². The number of hydrogen-bond donors (Lipinski definition) is 2.